The van der Waals surface area contributed by atoms with Crippen molar-refractivity contribution in [3.8, 4) is 11.6 Å². The number of hydrogen-bond acceptors (Lipinski definition) is 6. The molecule has 2 heterocycles. The number of rotatable bonds is 4. The van der Waals surface area contributed by atoms with Gasteiger partial charge < -0.3 is 19.5 Å². The van der Waals surface area contributed by atoms with Crippen molar-refractivity contribution < 1.29 is 19.4 Å². The third kappa shape index (κ3) is 2.64. The lowest BCUT2D eigenvalue weighted by Gasteiger charge is -2.31. The molecule has 0 spiro atoms. The van der Waals surface area contributed by atoms with Gasteiger partial charge in [0.25, 0.3) is 0 Å². The number of ether oxygens (including phenoxy) is 2. The van der Waals surface area contributed by atoms with Crippen LogP contribution >= 0.6 is 11.5 Å². The highest BCUT2D eigenvalue weighted by Crippen LogP contribution is 2.34. The van der Waals surface area contributed by atoms with Crippen molar-refractivity contribution >= 4 is 23.2 Å². The zero-order valence-corrected chi connectivity index (χ0v) is 12.2. The summed E-state index contributed by atoms with van der Waals surface area (Å²) in [5.74, 6) is 0.369. The smallest absolute Gasteiger partial charge is 0.335 e. The summed E-state index contributed by atoms with van der Waals surface area (Å²) in [6.45, 7) is 1.87. The van der Waals surface area contributed by atoms with Gasteiger partial charge in [0.05, 0.1) is 24.9 Å². The second-order valence-corrected chi connectivity index (χ2v) is 5.24. The van der Waals surface area contributed by atoms with Gasteiger partial charge in [-0.05, 0) is 29.7 Å². The fraction of sp³-hybridized carbons (Fsp3) is 0.286. The highest BCUT2D eigenvalue weighted by Gasteiger charge is 2.21. The van der Waals surface area contributed by atoms with Gasteiger partial charge in [-0.1, -0.05) is 0 Å². The van der Waals surface area contributed by atoms with Crippen molar-refractivity contribution in [2.24, 2.45) is 0 Å². The summed E-state index contributed by atoms with van der Waals surface area (Å²) in [4.78, 5) is 13.2. The summed E-state index contributed by atoms with van der Waals surface area (Å²) in [5, 5.41) is 11.1. The molecule has 1 N–H and O–H groups in total. The van der Waals surface area contributed by atoms with Gasteiger partial charge in [-0.3, -0.25) is 0 Å². The monoisotopic (exact) mass is 306 g/mol. The Morgan fingerprint density at radius 3 is 3.19 bits per heavy atom. The van der Waals surface area contributed by atoms with Crippen LogP contribution in [0.5, 0.6) is 11.6 Å². The van der Waals surface area contributed by atoms with E-state index in [0.29, 0.717) is 31.3 Å². The number of methoxy groups -OCH3 is 1. The van der Waals surface area contributed by atoms with Gasteiger partial charge in [-0.15, -0.1) is 0 Å². The third-order valence-corrected chi connectivity index (χ3v) is 3.99. The predicted octanol–water partition coefficient (Wildman–Crippen LogP) is 2.25. The van der Waals surface area contributed by atoms with E-state index < -0.39 is 5.97 Å². The molecule has 0 bridgehead atoms. The molecule has 7 heteroatoms. The number of aromatic carboxylic acids is 1. The lowest BCUT2D eigenvalue weighted by molar-refractivity contribution is 0.0697. The molecule has 0 unspecified atom stereocenters. The molecule has 1 aliphatic rings. The molecule has 1 aromatic heterocycles. The van der Waals surface area contributed by atoms with E-state index in [4.69, 9.17) is 14.6 Å². The molecule has 21 heavy (non-hydrogen) atoms. The van der Waals surface area contributed by atoms with E-state index in [-0.39, 0.29) is 5.56 Å². The molecular weight excluding hydrogens is 292 g/mol. The van der Waals surface area contributed by atoms with Crippen LogP contribution in [0.1, 0.15) is 15.9 Å². The number of fused-ring (bicyclic) bond motifs is 1. The van der Waals surface area contributed by atoms with E-state index in [2.05, 4.69) is 9.27 Å². The lowest BCUT2D eigenvalue weighted by Crippen LogP contribution is -2.32. The molecule has 0 aliphatic carbocycles. The average Bonchev–Trinajstić information content (AvgIpc) is 2.94. The topological polar surface area (TPSA) is 71.9 Å². The number of hydrogen-bond donors (Lipinski definition) is 1. The molecule has 6 nitrogen and oxygen atoms in total. The normalized spacial score (nSPS) is 13.5. The van der Waals surface area contributed by atoms with Crippen molar-refractivity contribution in [1.82, 2.24) is 4.37 Å². The standard InChI is InChI=1S/C14H14N2O4S/c1-19-13-10(8-21-15-13)7-16-4-5-20-12-3-2-9(14(17)18)6-11(12)16/h2-3,6,8H,4-5,7H2,1H3,(H,17,18). The minimum Gasteiger partial charge on any atom is -0.490 e. The fourth-order valence-electron chi connectivity index (χ4n) is 2.30. The molecule has 110 valence electrons. The Hall–Kier alpha value is -2.28. The van der Waals surface area contributed by atoms with E-state index in [9.17, 15) is 4.79 Å². The fourth-order valence-corrected chi connectivity index (χ4v) is 2.94. The molecule has 0 saturated heterocycles. The number of nitrogens with zero attached hydrogens (tertiary/aromatic N) is 2. The number of carboxylic acids is 1. The van der Waals surface area contributed by atoms with Crippen LogP contribution in [0.25, 0.3) is 0 Å². The summed E-state index contributed by atoms with van der Waals surface area (Å²) in [7, 11) is 1.59. The van der Waals surface area contributed by atoms with E-state index in [1.807, 2.05) is 5.38 Å². The van der Waals surface area contributed by atoms with Crippen LogP contribution in [0.2, 0.25) is 0 Å². The zero-order chi connectivity index (χ0) is 14.8. The first-order valence-electron chi connectivity index (χ1n) is 6.41. The van der Waals surface area contributed by atoms with Gasteiger partial charge in [-0.25, -0.2) is 4.79 Å². The molecule has 2 aromatic rings. The Morgan fingerprint density at radius 1 is 1.57 bits per heavy atom. The van der Waals surface area contributed by atoms with E-state index in [0.717, 1.165) is 11.3 Å². The van der Waals surface area contributed by atoms with Gasteiger partial charge in [0.2, 0.25) is 5.88 Å². The lowest BCUT2D eigenvalue weighted by atomic mass is 10.1. The van der Waals surface area contributed by atoms with Crippen molar-refractivity contribution in [2.45, 2.75) is 6.54 Å². The predicted molar refractivity (Wildman–Crippen MR) is 78.6 cm³/mol. The first-order chi connectivity index (χ1) is 10.2. The van der Waals surface area contributed by atoms with Gasteiger partial charge in [0, 0.05) is 17.5 Å². The van der Waals surface area contributed by atoms with Crippen LogP contribution in [0.3, 0.4) is 0 Å². The Kier molecular flexibility index (Phi) is 3.66. The summed E-state index contributed by atoms with van der Waals surface area (Å²) in [5.41, 5.74) is 2.02. The Morgan fingerprint density at radius 2 is 2.43 bits per heavy atom. The minimum absolute atomic E-state index is 0.250. The van der Waals surface area contributed by atoms with E-state index in [1.165, 1.54) is 11.5 Å². The first-order valence-corrected chi connectivity index (χ1v) is 7.25. The van der Waals surface area contributed by atoms with Gasteiger partial charge >= 0.3 is 5.97 Å². The second kappa shape index (κ2) is 5.61. The minimum atomic E-state index is -0.946. The third-order valence-electron chi connectivity index (χ3n) is 3.33. The molecule has 0 fully saturated rings. The second-order valence-electron chi connectivity index (χ2n) is 4.61. The number of aromatic nitrogens is 1. The van der Waals surface area contributed by atoms with E-state index in [1.54, 1.807) is 25.3 Å². The van der Waals surface area contributed by atoms with Crippen LogP contribution in [-0.2, 0) is 6.54 Å². The summed E-state index contributed by atoms with van der Waals surface area (Å²) >= 11 is 1.34. The zero-order valence-electron chi connectivity index (χ0n) is 11.4. The SMILES string of the molecule is COc1nscc1CN1CCOc2ccc(C(=O)O)cc21. The highest BCUT2D eigenvalue weighted by molar-refractivity contribution is 7.03. The molecule has 3 rings (SSSR count). The molecule has 1 aliphatic heterocycles. The maximum atomic E-state index is 11.1. The Balaban J connectivity index is 1.92. The number of carboxylic acid groups (broad SMARTS) is 1. The van der Waals surface area contributed by atoms with Crippen LogP contribution in [0, 0.1) is 0 Å². The average molecular weight is 306 g/mol. The number of anilines is 1. The van der Waals surface area contributed by atoms with Gasteiger partial charge in [0.15, 0.2) is 0 Å². The summed E-state index contributed by atoms with van der Waals surface area (Å²) < 4.78 is 15.0. The molecule has 0 atom stereocenters. The number of carbonyl (C=O) groups is 1. The Labute approximate surface area is 125 Å². The maximum absolute atomic E-state index is 11.1. The van der Waals surface area contributed by atoms with Gasteiger partial charge in [-0.2, -0.15) is 4.37 Å². The van der Waals surface area contributed by atoms with Crippen LogP contribution in [0.4, 0.5) is 5.69 Å². The van der Waals surface area contributed by atoms with Crippen molar-refractivity contribution in [3.63, 3.8) is 0 Å². The Bertz CT molecular complexity index is 671. The van der Waals surface area contributed by atoms with Crippen molar-refractivity contribution in [3.05, 3.63) is 34.7 Å². The highest BCUT2D eigenvalue weighted by atomic mass is 32.1. The van der Waals surface area contributed by atoms with Crippen LogP contribution in [-0.4, -0.2) is 35.7 Å². The molecule has 0 radical (unpaired) electrons. The molecule has 1 aromatic carbocycles. The van der Waals surface area contributed by atoms with E-state index >= 15 is 0 Å². The quantitative estimate of drug-likeness (QED) is 0.934. The van der Waals surface area contributed by atoms with Gasteiger partial charge in [0.1, 0.15) is 12.4 Å². The van der Waals surface area contributed by atoms with Crippen molar-refractivity contribution in [2.75, 3.05) is 25.2 Å². The summed E-state index contributed by atoms with van der Waals surface area (Å²) in [6.07, 6.45) is 0. The van der Waals surface area contributed by atoms with Crippen molar-refractivity contribution in [1.29, 1.82) is 0 Å². The molecule has 0 amide bonds. The van der Waals surface area contributed by atoms with Crippen LogP contribution in [0.15, 0.2) is 23.6 Å². The number of benzene rings is 1. The first kappa shape index (κ1) is 13.7. The molecular formula is C14H14N2O4S. The largest absolute Gasteiger partial charge is 0.490 e. The molecule has 0 saturated carbocycles. The summed E-state index contributed by atoms with van der Waals surface area (Å²) in [6, 6.07) is 4.90. The maximum Gasteiger partial charge on any atom is 0.335 e. The van der Waals surface area contributed by atoms with Crippen LogP contribution < -0.4 is 14.4 Å².